The molecule has 21 heavy (non-hydrogen) atoms. The predicted octanol–water partition coefficient (Wildman–Crippen LogP) is 3.99. The van der Waals surface area contributed by atoms with Crippen molar-refractivity contribution >= 4 is 22.5 Å². The van der Waals surface area contributed by atoms with Crippen LogP contribution in [0.4, 0.5) is 0 Å². The van der Waals surface area contributed by atoms with E-state index in [1.807, 2.05) is 6.92 Å². The molecule has 0 radical (unpaired) electrons. The topological polar surface area (TPSA) is 51.0 Å². The van der Waals surface area contributed by atoms with Gasteiger partial charge in [0.15, 0.2) is 0 Å². The molecule has 0 aliphatic carbocycles. The normalized spacial score (nSPS) is 12.9. The number of nitrogens with zero attached hydrogens (tertiary/aromatic N) is 2. The number of nitrogens with one attached hydrogen (secondary N) is 1. The van der Waals surface area contributed by atoms with Crippen LogP contribution in [0.5, 0.6) is 0 Å². The summed E-state index contributed by atoms with van der Waals surface area (Å²) in [6.45, 7) is 7.15. The van der Waals surface area contributed by atoms with E-state index in [-0.39, 0.29) is 6.04 Å². The van der Waals surface area contributed by atoms with Gasteiger partial charge in [-0.25, -0.2) is 0 Å². The van der Waals surface area contributed by atoms with Gasteiger partial charge in [0.2, 0.25) is 0 Å². The van der Waals surface area contributed by atoms with Gasteiger partial charge in [0.05, 0.1) is 10.6 Å². The summed E-state index contributed by atoms with van der Waals surface area (Å²) in [5.74, 6) is 0.932. The molecule has 1 atom stereocenters. The third kappa shape index (κ3) is 2.71. The van der Waals surface area contributed by atoms with Gasteiger partial charge >= 0.3 is 0 Å². The van der Waals surface area contributed by atoms with Crippen LogP contribution in [0.1, 0.15) is 41.3 Å². The number of hydrogen-bond acceptors (Lipinski definition) is 5. The van der Waals surface area contributed by atoms with Crippen molar-refractivity contribution in [1.29, 1.82) is 0 Å². The van der Waals surface area contributed by atoms with Gasteiger partial charge in [-0.3, -0.25) is 0 Å². The van der Waals surface area contributed by atoms with Gasteiger partial charge < -0.3 is 9.73 Å². The highest BCUT2D eigenvalue weighted by Gasteiger charge is 2.22. The summed E-state index contributed by atoms with van der Waals surface area (Å²) in [6.07, 6.45) is 1.07. The van der Waals surface area contributed by atoms with Crippen LogP contribution in [0.2, 0.25) is 0 Å². The van der Waals surface area contributed by atoms with Crippen LogP contribution < -0.4 is 5.32 Å². The predicted molar refractivity (Wildman–Crippen MR) is 85.7 cm³/mol. The Labute approximate surface area is 128 Å². The van der Waals surface area contributed by atoms with Crippen LogP contribution in [-0.2, 0) is 0 Å². The monoisotopic (exact) mass is 301 g/mol. The number of benzene rings is 1. The zero-order valence-electron chi connectivity index (χ0n) is 12.5. The van der Waals surface area contributed by atoms with Crippen molar-refractivity contribution in [2.24, 2.45) is 0 Å². The Bertz CT molecular complexity index is 747. The maximum absolute atomic E-state index is 6.13. The number of aryl methyl sites for hydroxylation is 2. The summed E-state index contributed by atoms with van der Waals surface area (Å²) in [6, 6.07) is 8.37. The second-order valence-corrected chi connectivity index (χ2v) is 6.04. The number of aromatic nitrogens is 2. The lowest BCUT2D eigenvalue weighted by atomic mass is 10.1. The molecule has 0 saturated carbocycles. The van der Waals surface area contributed by atoms with Gasteiger partial charge in [-0.15, -0.1) is 5.10 Å². The highest BCUT2D eigenvalue weighted by Crippen LogP contribution is 2.32. The maximum atomic E-state index is 6.13. The average Bonchev–Trinajstić information content (AvgIpc) is 3.07. The quantitative estimate of drug-likeness (QED) is 0.774. The lowest BCUT2D eigenvalue weighted by molar-refractivity contribution is 0.471. The molecule has 1 aromatic carbocycles. The Balaban J connectivity index is 2.05. The number of furan rings is 1. The van der Waals surface area contributed by atoms with E-state index < -0.39 is 0 Å². The summed E-state index contributed by atoms with van der Waals surface area (Å²) in [7, 11) is 0. The second-order valence-electron chi connectivity index (χ2n) is 5.25. The average molecular weight is 301 g/mol. The Morgan fingerprint density at radius 3 is 2.86 bits per heavy atom. The smallest absolute Gasteiger partial charge is 0.137 e. The minimum Gasteiger partial charge on any atom is -0.459 e. The number of hydrogen-bond donors (Lipinski definition) is 1. The highest BCUT2D eigenvalue weighted by atomic mass is 32.1. The molecule has 0 aliphatic heterocycles. The van der Waals surface area contributed by atoms with Crippen LogP contribution in [0.3, 0.4) is 0 Å². The van der Waals surface area contributed by atoms with E-state index in [1.54, 1.807) is 0 Å². The maximum Gasteiger partial charge on any atom is 0.137 e. The number of para-hydroxylation sites is 1. The molecule has 0 aliphatic rings. The molecule has 0 amide bonds. The van der Waals surface area contributed by atoms with Gasteiger partial charge in [-0.2, -0.15) is 0 Å². The zero-order valence-corrected chi connectivity index (χ0v) is 13.3. The summed E-state index contributed by atoms with van der Waals surface area (Å²) < 4.78 is 10.2. The molecule has 2 aromatic heterocycles. The Hall–Kier alpha value is -1.72. The van der Waals surface area contributed by atoms with Crippen LogP contribution in [-0.4, -0.2) is 16.1 Å². The first-order chi connectivity index (χ1) is 10.2. The van der Waals surface area contributed by atoms with Crippen LogP contribution in [0.25, 0.3) is 11.0 Å². The highest BCUT2D eigenvalue weighted by molar-refractivity contribution is 7.05. The first kappa shape index (κ1) is 14.2. The molecule has 0 fully saturated rings. The zero-order chi connectivity index (χ0) is 14.8. The van der Waals surface area contributed by atoms with Crippen LogP contribution in [0.15, 0.2) is 28.7 Å². The van der Waals surface area contributed by atoms with Crippen LogP contribution in [0, 0.1) is 13.8 Å². The van der Waals surface area contributed by atoms with Gasteiger partial charge in [-0.05, 0) is 50.0 Å². The lowest BCUT2D eigenvalue weighted by Gasteiger charge is -2.14. The molecule has 0 bridgehead atoms. The van der Waals surface area contributed by atoms with Gasteiger partial charge in [0, 0.05) is 5.39 Å². The van der Waals surface area contributed by atoms with Crippen LogP contribution >= 0.6 is 11.5 Å². The summed E-state index contributed by atoms with van der Waals surface area (Å²) in [5, 5.41) is 8.82. The standard InChI is InChI=1S/C16H19N3OS/c1-4-8-17-14(16-11(3)18-19-21-16)13-9-12-7-5-6-10(2)15(12)20-13/h5-7,9,14,17H,4,8H2,1-3H3. The molecule has 3 aromatic rings. The molecular formula is C16H19N3OS. The third-order valence-corrected chi connectivity index (χ3v) is 4.48. The van der Waals surface area contributed by atoms with E-state index in [9.17, 15) is 0 Å². The molecule has 4 nitrogen and oxygen atoms in total. The summed E-state index contributed by atoms with van der Waals surface area (Å²) in [5.41, 5.74) is 3.09. The van der Waals surface area contributed by atoms with Crippen molar-refractivity contribution in [3.63, 3.8) is 0 Å². The fourth-order valence-electron chi connectivity index (χ4n) is 2.48. The van der Waals surface area contributed by atoms with E-state index >= 15 is 0 Å². The summed E-state index contributed by atoms with van der Waals surface area (Å²) >= 11 is 1.43. The van der Waals surface area contributed by atoms with Crippen molar-refractivity contribution in [2.45, 2.75) is 33.2 Å². The fraction of sp³-hybridized carbons (Fsp3) is 0.375. The van der Waals surface area contributed by atoms with Crippen molar-refractivity contribution in [1.82, 2.24) is 14.9 Å². The van der Waals surface area contributed by atoms with Crippen molar-refractivity contribution < 1.29 is 4.42 Å². The van der Waals surface area contributed by atoms with Crippen molar-refractivity contribution in [3.8, 4) is 0 Å². The Kier molecular flexibility index (Phi) is 4.03. The fourth-order valence-corrected chi connectivity index (χ4v) is 3.21. The van der Waals surface area contributed by atoms with E-state index in [2.05, 4.69) is 53.0 Å². The molecule has 1 unspecified atom stereocenters. The third-order valence-electron chi connectivity index (χ3n) is 3.59. The first-order valence-corrected chi connectivity index (χ1v) is 7.99. The van der Waals surface area contributed by atoms with E-state index in [4.69, 9.17) is 4.42 Å². The number of fused-ring (bicyclic) bond motifs is 1. The number of rotatable bonds is 5. The van der Waals surface area contributed by atoms with Crippen molar-refractivity contribution in [2.75, 3.05) is 6.54 Å². The molecule has 2 heterocycles. The minimum atomic E-state index is 0.0248. The molecular weight excluding hydrogens is 282 g/mol. The van der Waals surface area contributed by atoms with Gasteiger partial charge in [0.1, 0.15) is 17.4 Å². The second kappa shape index (κ2) is 5.95. The summed E-state index contributed by atoms with van der Waals surface area (Å²) in [4.78, 5) is 1.13. The minimum absolute atomic E-state index is 0.0248. The molecule has 0 saturated heterocycles. The van der Waals surface area contributed by atoms with Crippen molar-refractivity contribution in [3.05, 3.63) is 46.2 Å². The molecule has 1 N–H and O–H groups in total. The lowest BCUT2D eigenvalue weighted by Crippen LogP contribution is -2.22. The SMILES string of the molecule is CCCNC(c1cc2cccc(C)c2o1)c1snnc1C. The van der Waals surface area contributed by atoms with Gasteiger partial charge in [0.25, 0.3) is 0 Å². The van der Waals surface area contributed by atoms with E-state index in [0.29, 0.717) is 0 Å². The Morgan fingerprint density at radius 1 is 1.33 bits per heavy atom. The first-order valence-electron chi connectivity index (χ1n) is 7.22. The molecule has 110 valence electrons. The molecule has 5 heteroatoms. The van der Waals surface area contributed by atoms with E-state index in [0.717, 1.165) is 45.8 Å². The Morgan fingerprint density at radius 2 is 2.19 bits per heavy atom. The molecule has 3 rings (SSSR count). The van der Waals surface area contributed by atoms with Gasteiger partial charge in [-0.1, -0.05) is 29.6 Å². The van der Waals surface area contributed by atoms with E-state index in [1.165, 1.54) is 11.5 Å². The molecule has 0 spiro atoms. The largest absolute Gasteiger partial charge is 0.459 e.